The molecule has 0 aromatic rings. The Morgan fingerprint density at radius 2 is 2.10 bits per heavy atom. The number of likely N-dealkylation sites (tertiary alicyclic amines) is 1. The van der Waals surface area contributed by atoms with Gasteiger partial charge in [-0.25, -0.2) is 5.01 Å². The third-order valence-corrected chi connectivity index (χ3v) is 4.28. The number of carbonyl (C=O) groups is 3. The van der Waals surface area contributed by atoms with Crippen molar-refractivity contribution in [1.29, 1.82) is 0 Å². The van der Waals surface area contributed by atoms with Crippen LogP contribution < -0.4 is 0 Å². The van der Waals surface area contributed by atoms with Gasteiger partial charge in [0.2, 0.25) is 5.91 Å². The zero-order chi connectivity index (χ0) is 15.6. The van der Waals surface area contributed by atoms with Crippen LogP contribution in [0.2, 0.25) is 0 Å². The van der Waals surface area contributed by atoms with E-state index in [-0.39, 0.29) is 24.8 Å². The maximum Gasteiger partial charge on any atom is 0.311 e. The standard InChI is InChI=1S/C14H21N3O4/c1-3-6-14(13(20)21)7-8-17(9-14)12(19)10-4-5-11(18)16(2)15-10/h3-9H2,1-2H3,(H,20,21). The molecule has 2 amide bonds. The molecule has 2 rings (SSSR count). The summed E-state index contributed by atoms with van der Waals surface area (Å²) < 4.78 is 0. The summed E-state index contributed by atoms with van der Waals surface area (Å²) >= 11 is 0. The maximum absolute atomic E-state index is 12.4. The molecule has 0 aliphatic carbocycles. The van der Waals surface area contributed by atoms with Gasteiger partial charge in [0.25, 0.3) is 5.91 Å². The molecule has 1 unspecified atom stereocenters. The molecule has 1 fully saturated rings. The topological polar surface area (TPSA) is 90.3 Å². The van der Waals surface area contributed by atoms with Crippen LogP contribution in [0.1, 0.15) is 39.0 Å². The summed E-state index contributed by atoms with van der Waals surface area (Å²) in [6.07, 6.45) is 2.41. The highest BCUT2D eigenvalue weighted by molar-refractivity contribution is 6.39. The number of aliphatic carboxylic acids is 1. The first-order chi connectivity index (χ1) is 9.89. The Hall–Kier alpha value is -1.92. The molecule has 1 atom stereocenters. The lowest BCUT2D eigenvalue weighted by Gasteiger charge is -2.25. The molecule has 2 heterocycles. The van der Waals surface area contributed by atoms with Crippen molar-refractivity contribution in [2.75, 3.05) is 20.1 Å². The maximum atomic E-state index is 12.4. The molecule has 7 nitrogen and oxygen atoms in total. The smallest absolute Gasteiger partial charge is 0.311 e. The number of carboxylic acid groups (broad SMARTS) is 1. The van der Waals surface area contributed by atoms with Crippen molar-refractivity contribution in [2.24, 2.45) is 10.5 Å². The van der Waals surface area contributed by atoms with Crippen LogP contribution >= 0.6 is 0 Å². The number of hydrogen-bond donors (Lipinski definition) is 1. The Balaban J connectivity index is 2.10. The molecule has 0 aromatic heterocycles. The molecule has 0 bridgehead atoms. The third kappa shape index (κ3) is 2.91. The number of nitrogens with zero attached hydrogens (tertiary/aromatic N) is 3. The molecule has 0 spiro atoms. The quantitative estimate of drug-likeness (QED) is 0.826. The molecule has 0 radical (unpaired) electrons. The lowest BCUT2D eigenvalue weighted by molar-refractivity contribution is -0.148. The number of hydrazone groups is 1. The van der Waals surface area contributed by atoms with Crippen molar-refractivity contribution in [3.8, 4) is 0 Å². The van der Waals surface area contributed by atoms with Gasteiger partial charge < -0.3 is 10.0 Å². The van der Waals surface area contributed by atoms with Crippen LogP contribution in [0.3, 0.4) is 0 Å². The van der Waals surface area contributed by atoms with Crippen molar-refractivity contribution < 1.29 is 19.5 Å². The van der Waals surface area contributed by atoms with Gasteiger partial charge >= 0.3 is 5.97 Å². The predicted octanol–water partition coefficient (Wildman–Crippen LogP) is 0.698. The van der Waals surface area contributed by atoms with E-state index in [0.717, 1.165) is 6.42 Å². The van der Waals surface area contributed by atoms with E-state index in [1.54, 1.807) is 4.90 Å². The predicted molar refractivity (Wildman–Crippen MR) is 75.6 cm³/mol. The molecular formula is C14H21N3O4. The van der Waals surface area contributed by atoms with Gasteiger partial charge in [-0.3, -0.25) is 14.4 Å². The number of carbonyl (C=O) groups excluding carboxylic acids is 2. The highest BCUT2D eigenvalue weighted by Gasteiger charge is 2.46. The van der Waals surface area contributed by atoms with Gasteiger partial charge in [-0.2, -0.15) is 5.10 Å². The van der Waals surface area contributed by atoms with Gasteiger partial charge in [-0.15, -0.1) is 0 Å². The van der Waals surface area contributed by atoms with E-state index in [2.05, 4.69) is 5.10 Å². The van der Waals surface area contributed by atoms with Crippen LogP contribution in [-0.4, -0.2) is 58.6 Å². The summed E-state index contributed by atoms with van der Waals surface area (Å²) in [5, 5.41) is 14.7. The summed E-state index contributed by atoms with van der Waals surface area (Å²) in [5.74, 6) is -1.19. The summed E-state index contributed by atoms with van der Waals surface area (Å²) in [6, 6.07) is 0. The lowest BCUT2D eigenvalue weighted by atomic mass is 9.83. The van der Waals surface area contributed by atoms with Crippen LogP contribution in [0.25, 0.3) is 0 Å². The normalized spacial score (nSPS) is 26.0. The third-order valence-electron chi connectivity index (χ3n) is 4.28. The summed E-state index contributed by atoms with van der Waals surface area (Å²) in [6.45, 7) is 2.61. The molecule has 1 saturated heterocycles. The zero-order valence-corrected chi connectivity index (χ0v) is 12.5. The first kappa shape index (κ1) is 15.5. The van der Waals surface area contributed by atoms with E-state index in [0.29, 0.717) is 31.5 Å². The fourth-order valence-corrected chi connectivity index (χ4v) is 3.02. The highest BCUT2D eigenvalue weighted by Crippen LogP contribution is 2.35. The van der Waals surface area contributed by atoms with E-state index in [9.17, 15) is 19.5 Å². The second-order valence-corrected chi connectivity index (χ2v) is 5.78. The number of rotatable bonds is 4. The Morgan fingerprint density at radius 1 is 1.38 bits per heavy atom. The summed E-state index contributed by atoms with van der Waals surface area (Å²) in [7, 11) is 1.53. The van der Waals surface area contributed by atoms with E-state index < -0.39 is 11.4 Å². The average Bonchev–Trinajstić information content (AvgIpc) is 2.87. The van der Waals surface area contributed by atoms with Crippen molar-refractivity contribution in [1.82, 2.24) is 9.91 Å². The van der Waals surface area contributed by atoms with Crippen molar-refractivity contribution >= 4 is 23.5 Å². The monoisotopic (exact) mass is 295 g/mol. The lowest BCUT2D eigenvalue weighted by Crippen LogP contribution is -2.42. The van der Waals surface area contributed by atoms with E-state index in [4.69, 9.17) is 0 Å². The first-order valence-corrected chi connectivity index (χ1v) is 7.26. The molecular weight excluding hydrogens is 274 g/mol. The molecule has 21 heavy (non-hydrogen) atoms. The second kappa shape index (κ2) is 5.83. The minimum Gasteiger partial charge on any atom is -0.481 e. The second-order valence-electron chi connectivity index (χ2n) is 5.78. The Morgan fingerprint density at radius 3 is 2.67 bits per heavy atom. The molecule has 0 aromatic carbocycles. The van der Waals surface area contributed by atoms with Crippen LogP contribution in [0.15, 0.2) is 5.10 Å². The van der Waals surface area contributed by atoms with Crippen LogP contribution in [-0.2, 0) is 14.4 Å². The summed E-state index contributed by atoms with van der Waals surface area (Å²) in [5.41, 5.74) is -0.490. The molecule has 0 saturated carbocycles. The van der Waals surface area contributed by atoms with E-state index in [1.165, 1.54) is 12.1 Å². The largest absolute Gasteiger partial charge is 0.481 e. The molecule has 2 aliphatic heterocycles. The van der Waals surface area contributed by atoms with Gasteiger partial charge in [0.1, 0.15) is 5.71 Å². The van der Waals surface area contributed by atoms with Crippen LogP contribution in [0.5, 0.6) is 0 Å². The number of amides is 2. The SMILES string of the molecule is CCCC1(C(=O)O)CCN(C(=O)C2=NN(C)C(=O)CC2)C1. The van der Waals surface area contributed by atoms with E-state index in [1.807, 2.05) is 6.92 Å². The average molecular weight is 295 g/mol. The zero-order valence-electron chi connectivity index (χ0n) is 12.5. The van der Waals surface area contributed by atoms with Crippen molar-refractivity contribution in [3.63, 3.8) is 0 Å². The van der Waals surface area contributed by atoms with Gasteiger partial charge in [-0.05, 0) is 12.8 Å². The van der Waals surface area contributed by atoms with Gasteiger partial charge in [0.05, 0.1) is 5.41 Å². The fourth-order valence-electron chi connectivity index (χ4n) is 3.02. The molecule has 7 heteroatoms. The highest BCUT2D eigenvalue weighted by atomic mass is 16.4. The Labute approximate surface area is 123 Å². The van der Waals surface area contributed by atoms with Crippen molar-refractivity contribution in [2.45, 2.75) is 39.0 Å². The van der Waals surface area contributed by atoms with Gasteiger partial charge in [0, 0.05) is 33.0 Å². The van der Waals surface area contributed by atoms with Gasteiger partial charge in [0.15, 0.2) is 0 Å². The molecule has 116 valence electrons. The van der Waals surface area contributed by atoms with E-state index >= 15 is 0 Å². The minimum absolute atomic E-state index is 0.112. The number of carboxylic acids is 1. The van der Waals surface area contributed by atoms with Gasteiger partial charge in [-0.1, -0.05) is 13.3 Å². The number of hydrogen-bond acceptors (Lipinski definition) is 4. The minimum atomic E-state index is -0.836. The van der Waals surface area contributed by atoms with Crippen LogP contribution in [0, 0.1) is 5.41 Å². The summed E-state index contributed by atoms with van der Waals surface area (Å²) in [4.78, 5) is 36.9. The fraction of sp³-hybridized carbons (Fsp3) is 0.714. The molecule has 2 aliphatic rings. The Bertz CT molecular complexity index is 502. The molecule has 1 N–H and O–H groups in total. The Kier molecular flexibility index (Phi) is 4.29. The van der Waals surface area contributed by atoms with Crippen LogP contribution in [0.4, 0.5) is 0 Å². The van der Waals surface area contributed by atoms with Crippen molar-refractivity contribution in [3.05, 3.63) is 0 Å². The first-order valence-electron chi connectivity index (χ1n) is 7.26.